The zero-order valence-corrected chi connectivity index (χ0v) is 16.5. The van der Waals surface area contributed by atoms with E-state index in [0.717, 1.165) is 5.56 Å². The average Bonchev–Trinajstić information content (AvgIpc) is 3.10. The smallest absolute Gasteiger partial charge is 0.238 e. The number of nitrogens with one attached hydrogen (secondary N) is 2. The second-order valence-electron chi connectivity index (χ2n) is 5.46. The van der Waals surface area contributed by atoms with Crippen molar-refractivity contribution in [3.05, 3.63) is 59.0 Å². The van der Waals surface area contributed by atoms with Crippen LogP contribution in [0.2, 0.25) is 5.02 Å². The zero-order chi connectivity index (χ0) is 19.2. The average molecular weight is 424 g/mol. The SMILES string of the molecule is CC(Sc1nnc(NCc2ccc(F)cc2)s1)C(=O)Nc1ccc(Cl)cn1. The highest BCUT2D eigenvalue weighted by atomic mass is 35.5. The standard InChI is InChI=1S/C17H15ClFN5OS2/c1-10(15(25)22-14-7-4-12(18)9-20-14)26-17-24-23-16(27-17)21-8-11-2-5-13(19)6-3-11/h2-7,9-10H,8H2,1H3,(H,21,23)(H,20,22,25). The van der Waals surface area contributed by atoms with Gasteiger partial charge in [-0.3, -0.25) is 4.79 Å². The molecule has 27 heavy (non-hydrogen) atoms. The summed E-state index contributed by atoms with van der Waals surface area (Å²) in [5, 5.41) is 14.8. The van der Waals surface area contributed by atoms with Crippen LogP contribution in [0, 0.1) is 5.82 Å². The predicted molar refractivity (Wildman–Crippen MR) is 107 cm³/mol. The summed E-state index contributed by atoms with van der Waals surface area (Å²) in [6.45, 7) is 2.29. The van der Waals surface area contributed by atoms with Gasteiger partial charge in [-0.2, -0.15) is 0 Å². The molecule has 1 aromatic carbocycles. The van der Waals surface area contributed by atoms with Crippen molar-refractivity contribution in [2.75, 3.05) is 10.6 Å². The topological polar surface area (TPSA) is 79.8 Å². The van der Waals surface area contributed by atoms with Gasteiger partial charge in [0.05, 0.1) is 10.3 Å². The summed E-state index contributed by atoms with van der Waals surface area (Å²) in [7, 11) is 0. The van der Waals surface area contributed by atoms with Gasteiger partial charge in [0, 0.05) is 12.7 Å². The van der Waals surface area contributed by atoms with Crippen LogP contribution in [0.3, 0.4) is 0 Å². The summed E-state index contributed by atoms with van der Waals surface area (Å²) in [6, 6.07) is 9.53. The largest absolute Gasteiger partial charge is 0.356 e. The molecule has 2 aromatic heterocycles. The Morgan fingerprint density at radius 1 is 1.26 bits per heavy atom. The minimum absolute atomic E-state index is 0.189. The molecule has 0 bridgehead atoms. The molecule has 0 radical (unpaired) electrons. The van der Waals surface area contributed by atoms with Gasteiger partial charge in [-0.05, 0) is 36.8 Å². The van der Waals surface area contributed by atoms with Crippen molar-refractivity contribution in [3.63, 3.8) is 0 Å². The first-order chi connectivity index (χ1) is 13.0. The highest BCUT2D eigenvalue weighted by Gasteiger charge is 2.17. The monoisotopic (exact) mass is 423 g/mol. The van der Waals surface area contributed by atoms with Crippen LogP contribution in [-0.4, -0.2) is 26.3 Å². The van der Waals surface area contributed by atoms with Crippen molar-refractivity contribution in [1.29, 1.82) is 0 Å². The highest BCUT2D eigenvalue weighted by molar-refractivity contribution is 8.02. The van der Waals surface area contributed by atoms with Crippen molar-refractivity contribution in [2.45, 2.75) is 23.1 Å². The molecule has 0 aliphatic heterocycles. The van der Waals surface area contributed by atoms with Gasteiger partial charge in [0.2, 0.25) is 11.0 Å². The second-order valence-corrected chi connectivity index (χ2v) is 8.47. The summed E-state index contributed by atoms with van der Waals surface area (Å²) in [5.41, 5.74) is 0.934. The number of hydrogen-bond donors (Lipinski definition) is 2. The van der Waals surface area contributed by atoms with Crippen LogP contribution in [0.25, 0.3) is 0 Å². The molecule has 10 heteroatoms. The summed E-state index contributed by atoms with van der Waals surface area (Å²) < 4.78 is 13.6. The molecule has 0 spiro atoms. The third kappa shape index (κ3) is 5.88. The lowest BCUT2D eigenvalue weighted by Crippen LogP contribution is -2.22. The first kappa shape index (κ1) is 19.5. The van der Waals surface area contributed by atoms with Crippen molar-refractivity contribution in [1.82, 2.24) is 15.2 Å². The van der Waals surface area contributed by atoms with Crippen molar-refractivity contribution in [3.8, 4) is 0 Å². The van der Waals surface area contributed by atoms with E-state index in [1.807, 2.05) is 0 Å². The number of thioether (sulfide) groups is 1. The Hall–Kier alpha value is -2.23. The summed E-state index contributed by atoms with van der Waals surface area (Å²) in [5.74, 6) is -0.0176. The Morgan fingerprint density at radius 3 is 2.74 bits per heavy atom. The molecule has 0 saturated heterocycles. The van der Waals surface area contributed by atoms with E-state index in [1.165, 1.54) is 41.4 Å². The molecule has 3 aromatic rings. The van der Waals surface area contributed by atoms with E-state index in [0.29, 0.717) is 26.9 Å². The van der Waals surface area contributed by atoms with E-state index in [1.54, 1.807) is 31.2 Å². The molecule has 2 N–H and O–H groups in total. The van der Waals surface area contributed by atoms with Gasteiger partial charge < -0.3 is 10.6 Å². The van der Waals surface area contributed by atoms with E-state index >= 15 is 0 Å². The molecule has 0 fully saturated rings. The van der Waals surface area contributed by atoms with Crippen LogP contribution >= 0.6 is 34.7 Å². The molecule has 0 saturated carbocycles. The molecule has 2 heterocycles. The van der Waals surface area contributed by atoms with Crippen LogP contribution in [0.15, 0.2) is 46.9 Å². The number of hydrogen-bond acceptors (Lipinski definition) is 7. The van der Waals surface area contributed by atoms with Crippen LogP contribution in [-0.2, 0) is 11.3 Å². The Morgan fingerprint density at radius 2 is 2.04 bits per heavy atom. The fourth-order valence-corrected chi connectivity index (χ4v) is 3.99. The number of nitrogens with zero attached hydrogens (tertiary/aromatic N) is 3. The third-order valence-corrected chi connectivity index (χ3v) is 5.68. The van der Waals surface area contributed by atoms with Gasteiger partial charge in [-0.25, -0.2) is 9.37 Å². The lowest BCUT2D eigenvalue weighted by molar-refractivity contribution is -0.115. The van der Waals surface area contributed by atoms with Crippen LogP contribution in [0.4, 0.5) is 15.3 Å². The molecule has 1 amide bonds. The van der Waals surface area contributed by atoms with E-state index in [4.69, 9.17) is 11.6 Å². The van der Waals surface area contributed by atoms with Gasteiger partial charge in [0.1, 0.15) is 11.6 Å². The molecular formula is C17H15ClFN5OS2. The maximum atomic E-state index is 12.9. The minimum atomic E-state index is -0.375. The Kier molecular flexibility index (Phi) is 6.59. The first-order valence-electron chi connectivity index (χ1n) is 7.90. The lowest BCUT2D eigenvalue weighted by Gasteiger charge is -2.09. The predicted octanol–water partition coefficient (Wildman–Crippen LogP) is 4.46. The summed E-state index contributed by atoms with van der Waals surface area (Å²) >= 11 is 8.44. The fraction of sp³-hybridized carbons (Fsp3) is 0.176. The molecule has 6 nitrogen and oxygen atoms in total. The number of anilines is 2. The van der Waals surface area contributed by atoms with E-state index in [9.17, 15) is 9.18 Å². The first-order valence-corrected chi connectivity index (χ1v) is 9.98. The van der Waals surface area contributed by atoms with Crippen LogP contribution in [0.1, 0.15) is 12.5 Å². The van der Waals surface area contributed by atoms with Gasteiger partial charge in [-0.15, -0.1) is 10.2 Å². The Bertz CT molecular complexity index is 904. The summed E-state index contributed by atoms with van der Waals surface area (Å²) in [4.78, 5) is 16.3. The van der Waals surface area contributed by atoms with Crippen molar-refractivity contribution < 1.29 is 9.18 Å². The number of carbonyl (C=O) groups is 1. The second kappa shape index (κ2) is 9.12. The van der Waals surface area contributed by atoms with Gasteiger partial charge in [0.15, 0.2) is 4.34 Å². The number of halogens is 2. The maximum absolute atomic E-state index is 12.9. The number of pyridine rings is 1. The lowest BCUT2D eigenvalue weighted by atomic mass is 10.2. The number of rotatable bonds is 7. The van der Waals surface area contributed by atoms with E-state index in [2.05, 4.69) is 25.8 Å². The number of aromatic nitrogens is 3. The van der Waals surface area contributed by atoms with Crippen LogP contribution < -0.4 is 10.6 Å². The Balaban J connectivity index is 1.50. The molecule has 1 unspecified atom stereocenters. The van der Waals surface area contributed by atoms with E-state index < -0.39 is 0 Å². The fourth-order valence-electron chi connectivity index (χ4n) is 1.99. The summed E-state index contributed by atoms with van der Waals surface area (Å²) in [6.07, 6.45) is 1.47. The van der Waals surface area contributed by atoms with Gasteiger partial charge in [0.25, 0.3) is 0 Å². The van der Waals surface area contributed by atoms with Crippen molar-refractivity contribution in [2.24, 2.45) is 0 Å². The molecular weight excluding hydrogens is 409 g/mol. The van der Waals surface area contributed by atoms with Crippen molar-refractivity contribution >= 4 is 51.6 Å². The molecule has 0 aliphatic carbocycles. The van der Waals surface area contributed by atoms with Crippen LogP contribution in [0.5, 0.6) is 0 Å². The molecule has 0 aliphatic rings. The quantitative estimate of drug-likeness (QED) is 0.546. The molecule has 1 atom stereocenters. The number of benzene rings is 1. The minimum Gasteiger partial charge on any atom is -0.356 e. The maximum Gasteiger partial charge on any atom is 0.238 e. The third-order valence-electron chi connectivity index (χ3n) is 3.39. The molecule has 140 valence electrons. The number of carbonyl (C=O) groups excluding carboxylic acids is 1. The zero-order valence-electron chi connectivity index (χ0n) is 14.1. The van der Waals surface area contributed by atoms with Gasteiger partial charge >= 0.3 is 0 Å². The Labute approximate surface area is 168 Å². The number of amides is 1. The van der Waals surface area contributed by atoms with Gasteiger partial charge in [-0.1, -0.05) is 46.8 Å². The normalized spacial score (nSPS) is 11.8. The van der Waals surface area contributed by atoms with E-state index in [-0.39, 0.29) is 17.0 Å². The highest BCUT2D eigenvalue weighted by Crippen LogP contribution is 2.29. The molecule has 3 rings (SSSR count).